The number of nitro groups is 1. The molecular weight excluding hydrogens is 412 g/mol. The number of amides is 1. The smallest absolute Gasteiger partial charge is 0.395 e. The second kappa shape index (κ2) is 9.83. The fourth-order valence-electron chi connectivity index (χ4n) is 3.22. The summed E-state index contributed by atoms with van der Waals surface area (Å²) in [6.07, 6.45) is 0.921. The Morgan fingerprint density at radius 2 is 1.80 bits per heavy atom. The van der Waals surface area contributed by atoms with Crippen LogP contribution < -0.4 is 5.32 Å². The van der Waals surface area contributed by atoms with Gasteiger partial charge in [-0.3, -0.25) is 14.9 Å². The Hall–Kier alpha value is -2.76. The van der Waals surface area contributed by atoms with Gasteiger partial charge in [-0.25, -0.2) is 8.42 Å². The molecule has 0 saturated carbocycles. The molecule has 2 heterocycles. The van der Waals surface area contributed by atoms with Crippen molar-refractivity contribution in [2.45, 2.75) is 6.42 Å². The van der Waals surface area contributed by atoms with Crippen LogP contribution in [0, 0.1) is 10.1 Å². The molecule has 1 amide bonds. The Labute approximate surface area is 174 Å². The number of hydrogen-bond donors (Lipinski definition) is 1. The van der Waals surface area contributed by atoms with E-state index in [9.17, 15) is 23.3 Å². The minimum Gasteiger partial charge on any atom is -0.395 e. The molecule has 1 N–H and O–H groups in total. The van der Waals surface area contributed by atoms with E-state index < -0.39 is 26.7 Å². The summed E-state index contributed by atoms with van der Waals surface area (Å²) in [5.41, 5.74) is 1.25. The molecule has 0 spiro atoms. The molecule has 162 valence electrons. The van der Waals surface area contributed by atoms with Crippen LogP contribution in [0.1, 0.15) is 16.1 Å². The molecule has 3 rings (SSSR count). The van der Waals surface area contributed by atoms with Gasteiger partial charge in [0, 0.05) is 39.3 Å². The van der Waals surface area contributed by atoms with Crippen LogP contribution in [0.5, 0.6) is 0 Å². The predicted molar refractivity (Wildman–Crippen MR) is 110 cm³/mol. The topological polar surface area (TPSA) is 126 Å². The Bertz CT molecular complexity index is 968. The molecule has 1 saturated heterocycles. The van der Waals surface area contributed by atoms with Gasteiger partial charge in [0.25, 0.3) is 5.91 Å². The van der Waals surface area contributed by atoms with E-state index in [1.807, 2.05) is 18.2 Å². The highest BCUT2D eigenvalue weighted by Gasteiger charge is 2.27. The number of hydrogen-bond acceptors (Lipinski definition) is 7. The first-order valence-electron chi connectivity index (χ1n) is 9.62. The first-order chi connectivity index (χ1) is 14.3. The standard InChI is InChI=1S/C19H24N4O6S/c24-19(17-6-7-18(29-17)23(25)26)20-9-15-30(27,28)22-13-11-21(12-14-22)10-8-16-4-2-1-3-5-16/h1-7H,8-15H2,(H,20,24). The van der Waals surface area contributed by atoms with Crippen molar-refractivity contribution in [2.24, 2.45) is 0 Å². The van der Waals surface area contributed by atoms with Gasteiger partial charge in [-0.05, 0) is 18.1 Å². The van der Waals surface area contributed by atoms with Crippen LogP contribution in [-0.4, -0.2) is 73.5 Å². The van der Waals surface area contributed by atoms with Crippen LogP contribution in [0.4, 0.5) is 5.88 Å². The summed E-state index contributed by atoms with van der Waals surface area (Å²) < 4.78 is 31.3. The Kier molecular flexibility index (Phi) is 7.19. The van der Waals surface area contributed by atoms with E-state index in [2.05, 4.69) is 22.3 Å². The van der Waals surface area contributed by atoms with E-state index in [1.165, 1.54) is 15.9 Å². The van der Waals surface area contributed by atoms with E-state index in [0.717, 1.165) is 19.0 Å². The number of rotatable bonds is 9. The molecule has 0 unspecified atom stereocenters. The Balaban J connectivity index is 1.40. The monoisotopic (exact) mass is 436 g/mol. The van der Waals surface area contributed by atoms with Crippen molar-refractivity contribution in [1.82, 2.24) is 14.5 Å². The molecule has 1 fully saturated rings. The highest BCUT2D eigenvalue weighted by molar-refractivity contribution is 7.89. The molecule has 0 bridgehead atoms. The zero-order valence-corrected chi connectivity index (χ0v) is 17.2. The van der Waals surface area contributed by atoms with E-state index in [1.54, 1.807) is 0 Å². The first kappa shape index (κ1) is 21.9. The van der Waals surface area contributed by atoms with Crippen LogP contribution in [0.25, 0.3) is 0 Å². The summed E-state index contributed by atoms with van der Waals surface area (Å²) in [4.78, 5) is 24.0. The van der Waals surface area contributed by atoms with Crippen LogP contribution in [0.3, 0.4) is 0 Å². The molecule has 0 radical (unpaired) electrons. The molecular formula is C19H24N4O6S. The van der Waals surface area contributed by atoms with E-state index in [4.69, 9.17) is 4.42 Å². The van der Waals surface area contributed by atoms with Crippen molar-refractivity contribution in [3.63, 3.8) is 0 Å². The molecule has 1 aromatic heterocycles. The molecule has 2 aromatic rings. The van der Waals surface area contributed by atoms with Gasteiger partial charge in [0.05, 0.1) is 11.8 Å². The number of sulfonamides is 1. The minimum atomic E-state index is -3.51. The summed E-state index contributed by atoms with van der Waals surface area (Å²) in [5, 5.41) is 13.0. The van der Waals surface area contributed by atoms with Gasteiger partial charge in [-0.2, -0.15) is 4.31 Å². The number of benzene rings is 1. The Morgan fingerprint density at radius 3 is 2.43 bits per heavy atom. The third-order valence-corrected chi connectivity index (χ3v) is 6.80. The summed E-state index contributed by atoms with van der Waals surface area (Å²) in [6.45, 7) is 2.92. The zero-order chi connectivity index (χ0) is 21.6. The third kappa shape index (κ3) is 5.88. The highest BCUT2D eigenvalue weighted by atomic mass is 32.2. The van der Waals surface area contributed by atoms with Crippen molar-refractivity contribution in [2.75, 3.05) is 45.0 Å². The number of nitrogens with zero attached hydrogens (tertiary/aromatic N) is 3. The summed E-state index contributed by atoms with van der Waals surface area (Å²) >= 11 is 0. The third-order valence-electron chi connectivity index (χ3n) is 4.93. The SMILES string of the molecule is O=C(NCCS(=O)(=O)N1CCN(CCc2ccccc2)CC1)c1ccc([N+](=O)[O-])o1. The van der Waals surface area contributed by atoms with Gasteiger partial charge in [-0.1, -0.05) is 30.3 Å². The molecule has 30 heavy (non-hydrogen) atoms. The number of piperazine rings is 1. The minimum absolute atomic E-state index is 0.107. The fraction of sp³-hybridized carbons (Fsp3) is 0.421. The highest BCUT2D eigenvalue weighted by Crippen LogP contribution is 2.15. The lowest BCUT2D eigenvalue weighted by Crippen LogP contribution is -2.50. The molecule has 11 heteroatoms. The van der Waals surface area contributed by atoms with Crippen molar-refractivity contribution in [1.29, 1.82) is 0 Å². The zero-order valence-electron chi connectivity index (χ0n) is 16.4. The lowest BCUT2D eigenvalue weighted by atomic mass is 10.1. The van der Waals surface area contributed by atoms with Crippen molar-refractivity contribution < 1.29 is 22.6 Å². The van der Waals surface area contributed by atoms with Crippen LogP contribution in [0.2, 0.25) is 0 Å². The predicted octanol–water partition coefficient (Wildman–Crippen LogP) is 1.11. The normalized spacial score (nSPS) is 15.7. The molecule has 0 aliphatic carbocycles. The second-order valence-corrected chi connectivity index (χ2v) is 9.03. The maximum Gasteiger partial charge on any atom is 0.433 e. The first-order valence-corrected chi connectivity index (χ1v) is 11.2. The van der Waals surface area contributed by atoms with Crippen LogP contribution in [-0.2, 0) is 16.4 Å². The number of carbonyl (C=O) groups is 1. The van der Waals surface area contributed by atoms with Gasteiger partial charge in [0.15, 0.2) is 5.76 Å². The molecule has 0 atom stereocenters. The fourth-order valence-corrected chi connectivity index (χ4v) is 4.56. The van der Waals surface area contributed by atoms with E-state index in [0.29, 0.717) is 26.2 Å². The van der Waals surface area contributed by atoms with Gasteiger partial charge in [-0.15, -0.1) is 0 Å². The lowest BCUT2D eigenvalue weighted by Gasteiger charge is -2.34. The molecule has 1 aliphatic rings. The summed E-state index contributed by atoms with van der Waals surface area (Å²) in [7, 11) is -3.51. The number of furan rings is 1. The largest absolute Gasteiger partial charge is 0.433 e. The van der Waals surface area contributed by atoms with E-state index >= 15 is 0 Å². The van der Waals surface area contributed by atoms with Gasteiger partial charge in [0.1, 0.15) is 4.92 Å². The molecule has 1 aliphatic heterocycles. The Morgan fingerprint density at radius 1 is 1.10 bits per heavy atom. The molecule has 1 aromatic carbocycles. The average Bonchev–Trinajstić information content (AvgIpc) is 3.24. The maximum atomic E-state index is 12.5. The van der Waals surface area contributed by atoms with E-state index in [-0.39, 0.29) is 18.1 Å². The van der Waals surface area contributed by atoms with Crippen molar-refractivity contribution >= 4 is 21.8 Å². The van der Waals surface area contributed by atoms with Crippen LogP contribution >= 0.6 is 0 Å². The van der Waals surface area contributed by atoms with Gasteiger partial charge in [0.2, 0.25) is 10.0 Å². The second-order valence-electron chi connectivity index (χ2n) is 6.94. The maximum absolute atomic E-state index is 12.5. The molecule has 10 nitrogen and oxygen atoms in total. The van der Waals surface area contributed by atoms with Gasteiger partial charge >= 0.3 is 5.88 Å². The number of nitrogens with one attached hydrogen (secondary N) is 1. The summed E-state index contributed by atoms with van der Waals surface area (Å²) in [6, 6.07) is 12.4. The lowest BCUT2D eigenvalue weighted by molar-refractivity contribution is -0.402. The van der Waals surface area contributed by atoms with Crippen molar-refractivity contribution in [3.8, 4) is 0 Å². The average molecular weight is 436 g/mol. The quantitative estimate of drug-likeness (QED) is 0.461. The van der Waals surface area contributed by atoms with Crippen LogP contribution in [0.15, 0.2) is 46.9 Å². The van der Waals surface area contributed by atoms with Crippen molar-refractivity contribution in [3.05, 3.63) is 63.9 Å². The van der Waals surface area contributed by atoms with Gasteiger partial charge < -0.3 is 14.6 Å². The summed E-state index contributed by atoms with van der Waals surface area (Å²) in [5.74, 6) is -1.71. The number of carbonyl (C=O) groups excluding carboxylic acids is 1.